The van der Waals surface area contributed by atoms with Crippen LogP contribution in [0.1, 0.15) is 18.7 Å². The molecule has 1 heterocycles. The molecular formula is C11H17NO2S. The van der Waals surface area contributed by atoms with Gasteiger partial charge < -0.3 is 10.0 Å². The summed E-state index contributed by atoms with van der Waals surface area (Å²) < 4.78 is 0. The first kappa shape index (κ1) is 12.2. The minimum Gasteiger partial charge on any atom is -0.481 e. The Bertz CT molecular complexity index is 319. The van der Waals surface area contributed by atoms with Crippen molar-refractivity contribution in [2.45, 2.75) is 20.4 Å². The van der Waals surface area contributed by atoms with Gasteiger partial charge in [0.05, 0.1) is 5.41 Å². The molecule has 84 valence electrons. The molecule has 0 atom stereocenters. The lowest BCUT2D eigenvalue weighted by Gasteiger charge is -2.26. The summed E-state index contributed by atoms with van der Waals surface area (Å²) in [4.78, 5) is 14.2. The van der Waals surface area contributed by atoms with Crippen LogP contribution in [0.3, 0.4) is 0 Å². The number of thiophene rings is 1. The number of nitrogens with zero attached hydrogens (tertiary/aromatic N) is 1. The van der Waals surface area contributed by atoms with Crippen LogP contribution in [0.4, 0.5) is 0 Å². The molecule has 0 aromatic carbocycles. The topological polar surface area (TPSA) is 40.5 Å². The van der Waals surface area contributed by atoms with Crippen molar-refractivity contribution in [3.8, 4) is 0 Å². The van der Waals surface area contributed by atoms with Gasteiger partial charge >= 0.3 is 5.97 Å². The second-order valence-corrected chi connectivity index (χ2v) is 5.47. The molecule has 1 N–H and O–H groups in total. The predicted octanol–water partition coefficient (Wildman–Crippen LogP) is 2.29. The van der Waals surface area contributed by atoms with Gasteiger partial charge in [0.1, 0.15) is 0 Å². The third-order valence-electron chi connectivity index (χ3n) is 2.25. The summed E-state index contributed by atoms with van der Waals surface area (Å²) in [6.07, 6.45) is 0. The Morgan fingerprint density at radius 2 is 2.27 bits per heavy atom. The van der Waals surface area contributed by atoms with Crippen molar-refractivity contribution in [3.63, 3.8) is 0 Å². The summed E-state index contributed by atoms with van der Waals surface area (Å²) >= 11 is 1.70. The molecule has 0 unspecified atom stereocenters. The summed E-state index contributed by atoms with van der Waals surface area (Å²) in [5.41, 5.74) is -0.688. The number of aliphatic carboxylic acids is 1. The summed E-state index contributed by atoms with van der Waals surface area (Å²) in [6.45, 7) is 4.87. The molecule has 4 heteroatoms. The highest BCUT2D eigenvalue weighted by Crippen LogP contribution is 2.18. The van der Waals surface area contributed by atoms with E-state index in [4.69, 9.17) is 5.11 Å². The summed E-state index contributed by atoms with van der Waals surface area (Å²) in [7, 11) is 1.95. The first-order valence-electron chi connectivity index (χ1n) is 4.86. The minimum absolute atomic E-state index is 0.556. The molecule has 1 aromatic heterocycles. The zero-order valence-electron chi connectivity index (χ0n) is 9.36. The van der Waals surface area contributed by atoms with Crippen LogP contribution in [-0.2, 0) is 11.3 Å². The number of carbonyl (C=O) groups is 1. The quantitative estimate of drug-likeness (QED) is 0.839. The van der Waals surface area contributed by atoms with E-state index in [2.05, 4.69) is 6.07 Å². The molecule has 0 bridgehead atoms. The van der Waals surface area contributed by atoms with Crippen LogP contribution < -0.4 is 0 Å². The highest BCUT2D eigenvalue weighted by molar-refractivity contribution is 7.09. The standard InChI is InChI=1S/C11H17NO2S/c1-11(2,10(13)14)8-12(3)7-9-5-4-6-15-9/h4-6H,7-8H2,1-3H3,(H,13,14). The van der Waals surface area contributed by atoms with Crippen molar-refractivity contribution in [1.29, 1.82) is 0 Å². The van der Waals surface area contributed by atoms with Gasteiger partial charge in [-0.1, -0.05) is 6.07 Å². The fraction of sp³-hybridized carbons (Fsp3) is 0.545. The fourth-order valence-corrected chi connectivity index (χ4v) is 2.25. The number of carboxylic acid groups (broad SMARTS) is 1. The van der Waals surface area contributed by atoms with Crippen molar-refractivity contribution in [1.82, 2.24) is 4.90 Å². The normalized spacial score (nSPS) is 12.0. The van der Waals surface area contributed by atoms with E-state index < -0.39 is 11.4 Å². The largest absolute Gasteiger partial charge is 0.481 e. The second-order valence-electron chi connectivity index (χ2n) is 4.44. The maximum Gasteiger partial charge on any atom is 0.310 e. The molecule has 0 aliphatic carbocycles. The SMILES string of the molecule is CN(Cc1cccs1)CC(C)(C)C(=O)O. The van der Waals surface area contributed by atoms with Crippen LogP contribution in [0.25, 0.3) is 0 Å². The minimum atomic E-state index is -0.750. The number of rotatable bonds is 5. The molecule has 0 saturated carbocycles. The van der Waals surface area contributed by atoms with E-state index in [9.17, 15) is 4.79 Å². The maximum atomic E-state index is 10.9. The van der Waals surface area contributed by atoms with Gasteiger partial charge in [-0.15, -0.1) is 11.3 Å². The smallest absolute Gasteiger partial charge is 0.310 e. The number of hydrogen-bond donors (Lipinski definition) is 1. The molecule has 0 fully saturated rings. The van der Waals surface area contributed by atoms with E-state index in [0.717, 1.165) is 6.54 Å². The molecular weight excluding hydrogens is 210 g/mol. The zero-order chi connectivity index (χ0) is 11.5. The molecule has 15 heavy (non-hydrogen) atoms. The fourth-order valence-electron chi connectivity index (χ4n) is 1.47. The Kier molecular flexibility index (Phi) is 3.88. The summed E-state index contributed by atoms with van der Waals surface area (Å²) in [6, 6.07) is 4.07. The van der Waals surface area contributed by atoms with Gasteiger partial charge in [-0.05, 0) is 32.3 Å². The van der Waals surface area contributed by atoms with Crippen molar-refractivity contribution < 1.29 is 9.90 Å². The third kappa shape index (κ3) is 3.64. The molecule has 0 radical (unpaired) electrons. The van der Waals surface area contributed by atoms with Crippen LogP contribution in [0.2, 0.25) is 0 Å². The average Bonchev–Trinajstić information content (AvgIpc) is 2.54. The third-order valence-corrected chi connectivity index (χ3v) is 3.11. The van der Waals surface area contributed by atoms with E-state index in [0.29, 0.717) is 6.54 Å². The summed E-state index contributed by atoms with van der Waals surface area (Å²) in [5, 5.41) is 11.0. The highest BCUT2D eigenvalue weighted by atomic mass is 32.1. The Hall–Kier alpha value is -0.870. The van der Waals surface area contributed by atoms with Crippen molar-refractivity contribution >= 4 is 17.3 Å². The summed E-state index contributed by atoms with van der Waals surface area (Å²) in [5.74, 6) is -0.750. The van der Waals surface area contributed by atoms with Crippen LogP contribution in [0.15, 0.2) is 17.5 Å². The van der Waals surface area contributed by atoms with E-state index in [-0.39, 0.29) is 0 Å². The molecule has 0 amide bonds. The van der Waals surface area contributed by atoms with Gasteiger partial charge in [-0.3, -0.25) is 4.79 Å². The molecule has 0 saturated heterocycles. The van der Waals surface area contributed by atoms with Crippen LogP contribution in [0.5, 0.6) is 0 Å². The average molecular weight is 227 g/mol. The van der Waals surface area contributed by atoms with E-state index in [1.54, 1.807) is 25.2 Å². The van der Waals surface area contributed by atoms with Gasteiger partial charge in [0.15, 0.2) is 0 Å². The maximum absolute atomic E-state index is 10.9. The van der Waals surface area contributed by atoms with E-state index >= 15 is 0 Å². The van der Waals surface area contributed by atoms with Crippen molar-refractivity contribution in [2.24, 2.45) is 5.41 Å². The molecule has 3 nitrogen and oxygen atoms in total. The second kappa shape index (κ2) is 4.77. The number of hydrogen-bond acceptors (Lipinski definition) is 3. The molecule has 1 aromatic rings. The lowest BCUT2D eigenvalue weighted by molar-refractivity contribution is -0.147. The number of carboxylic acids is 1. The predicted molar refractivity (Wildman–Crippen MR) is 62.1 cm³/mol. The van der Waals surface area contributed by atoms with Gasteiger partial charge in [0.2, 0.25) is 0 Å². The van der Waals surface area contributed by atoms with Gasteiger partial charge in [0.25, 0.3) is 0 Å². The van der Waals surface area contributed by atoms with Gasteiger partial charge in [-0.25, -0.2) is 0 Å². The molecule has 0 spiro atoms. The Labute approximate surface area is 94.3 Å². The zero-order valence-corrected chi connectivity index (χ0v) is 10.2. The first-order chi connectivity index (χ1) is 6.92. The van der Waals surface area contributed by atoms with Crippen LogP contribution in [0, 0.1) is 5.41 Å². The first-order valence-corrected chi connectivity index (χ1v) is 5.74. The Morgan fingerprint density at radius 1 is 1.60 bits per heavy atom. The lowest BCUT2D eigenvalue weighted by atomic mass is 9.93. The Morgan fingerprint density at radius 3 is 2.73 bits per heavy atom. The molecule has 0 aliphatic heterocycles. The van der Waals surface area contributed by atoms with Crippen LogP contribution >= 0.6 is 11.3 Å². The Balaban J connectivity index is 2.49. The van der Waals surface area contributed by atoms with E-state index in [1.807, 2.05) is 23.4 Å². The van der Waals surface area contributed by atoms with E-state index in [1.165, 1.54) is 4.88 Å². The van der Waals surface area contributed by atoms with Crippen molar-refractivity contribution in [2.75, 3.05) is 13.6 Å². The van der Waals surface area contributed by atoms with Gasteiger partial charge in [-0.2, -0.15) is 0 Å². The lowest BCUT2D eigenvalue weighted by Crippen LogP contribution is -2.36. The molecule has 0 aliphatic rings. The monoisotopic (exact) mass is 227 g/mol. The van der Waals surface area contributed by atoms with Gasteiger partial charge in [0, 0.05) is 18.0 Å². The highest BCUT2D eigenvalue weighted by Gasteiger charge is 2.28. The molecule has 1 rings (SSSR count). The van der Waals surface area contributed by atoms with Crippen LogP contribution in [-0.4, -0.2) is 29.6 Å². The van der Waals surface area contributed by atoms with Crippen molar-refractivity contribution in [3.05, 3.63) is 22.4 Å².